The molecule has 4 rings (SSSR count). The average molecular weight is 409 g/mol. The number of ketones is 1. The lowest BCUT2D eigenvalue weighted by Crippen LogP contribution is -2.32. The first kappa shape index (κ1) is 19.8. The molecule has 0 bridgehead atoms. The summed E-state index contributed by atoms with van der Waals surface area (Å²) in [4.78, 5) is 26.7. The van der Waals surface area contributed by atoms with E-state index < -0.39 is 0 Å². The van der Waals surface area contributed by atoms with E-state index in [2.05, 4.69) is 0 Å². The van der Waals surface area contributed by atoms with Gasteiger partial charge in [0.25, 0.3) is 5.91 Å². The van der Waals surface area contributed by atoms with Crippen molar-refractivity contribution in [1.82, 2.24) is 4.90 Å². The molecule has 0 N–H and O–H groups in total. The van der Waals surface area contributed by atoms with Crippen molar-refractivity contribution in [1.29, 1.82) is 0 Å². The van der Waals surface area contributed by atoms with E-state index in [0.717, 1.165) is 25.9 Å². The van der Waals surface area contributed by atoms with Gasteiger partial charge in [0.2, 0.25) is 5.78 Å². The van der Waals surface area contributed by atoms with Gasteiger partial charge in [0.05, 0.1) is 19.8 Å². The third-order valence-electron chi connectivity index (χ3n) is 5.18. The molecule has 2 heterocycles. The van der Waals surface area contributed by atoms with Crippen LogP contribution in [0.1, 0.15) is 28.8 Å². The van der Waals surface area contributed by atoms with Crippen LogP contribution in [0.4, 0.5) is 0 Å². The largest absolute Gasteiger partial charge is 0.493 e. The second-order valence-electron chi connectivity index (χ2n) is 7.06. The Labute approximate surface area is 174 Å². The van der Waals surface area contributed by atoms with E-state index in [-0.39, 0.29) is 24.1 Å². The van der Waals surface area contributed by atoms with Crippen molar-refractivity contribution < 1.29 is 28.5 Å². The average Bonchev–Trinajstić information content (AvgIpc) is 3.40. The van der Waals surface area contributed by atoms with Crippen molar-refractivity contribution >= 4 is 17.8 Å². The van der Waals surface area contributed by atoms with Crippen molar-refractivity contribution in [2.24, 2.45) is 0 Å². The Kier molecular flexibility index (Phi) is 5.61. The molecule has 0 atom stereocenters. The third-order valence-corrected chi connectivity index (χ3v) is 5.18. The van der Waals surface area contributed by atoms with Crippen LogP contribution in [0.3, 0.4) is 0 Å². The van der Waals surface area contributed by atoms with Crippen LogP contribution >= 0.6 is 0 Å². The Bertz CT molecular complexity index is 1010. The molecular weight excluding hydrogens is 386 g/mol. The van der Waals surface area contributed by atoms with E-state index in [1.807, 2.05) is 12.1 Å². The lowest BCUT2D eigenvalue weighted by Gasteiger charge is -2.15. The van der Waals surface area contributed by atoms with Gasteiger partial charge in [-0.3, -0.25) is 9.59 Å². The second kappa shape index (κ2) is 8.49. The zero-order valence-electron chi connectivity index (χ0n) is 17.0. The van der Waals surface area contributed by atoms with Crippen molar-refractivity contribution in [3.8, 4) is 23.0 Å². The quantitative estimate of drug-likeness (QED) is 0.682. The van der Waals surface area contributed by atoms with Gasteiger partial charge in [-0.15, -0.1) is 0 Å². The van der Waals surface area contributed by atoms with Crippen molar-refractivity contribution in [3.05, 3.63) is 53.3 Å². The standard InChI is InChI=1S/C23H23NO6/c1-27-18-7-5-6-15(23(18)28-2)12-20-22(26)17-9-8-16(13-19(17)30-20)29-14-21(25)24-10-3-4-11-24/h5-9,12-13H,3-4,10-11,14H2,1-2H3. The maximum atomic E-state index is 12.7. The number of nitrogens with zero attached hydrogens (tertiary/aromatic N) is 1. The van der Waals surface area contributed by atoms with Gasteiger partial charge in [-0.1, -0.05) is 12.1 Å². The van der Waals surface area contributed by atoms with Crippen LogP contribution < -0.4 is 18.9 Å². The van der Waals surface area contributed by atoms with Crippen molar-refractivity contribution in [3.63, 3.8) is 0 Å². The number of ether oxygens (including phenoxy) is 4. The van der Waals surface area contributed by atoms with Crippen LogP contribution in [0.5, 0.6) is 23.0 Å². The van der Waals surface area contributed by atoms with E-state index in [1.165, 1.54) is 0 Å². The maximum Gasteiger partial charge on any atom is 0.260 e. The summed E-state index contributed by atoms with van der Waals surface area (Å²) in [6.45, 7) is 1.54. The smallest absolute Gasteiger partial charge is 0.260 e. The van der Waals surface area contributed by atoms with Crippen LogP contribution in [0.25, 0.3) is 6.08 Å². The topological polar surface area (TPSA) is 74.3 Å². The molecule has 2 aliphatic heterocycles. The minimum Gasteiger partial charge on any atom is -0.493 e. The van der Waals surface area contributed by atoms with Crippen LogP contribution in [0.15, 0.2) is 42.2 Å². The van der Waals surface area contributed by atoms with Crippen LogP contribution in [0, 0.1) is 0 Å². The molecule has 156 valence electrons. The number of fused-ring (bicyclic) bond motifs is 1. The van der Waals surface area contributed by atoms with E-state index in [9.17, 15) is 9.59 Å². The number of carbonyl (C=O) groups is 2. The highest BCUT2D eigenvalue weighted by Gasteiger charge is 2.28. The molecule has 0 saturated carbocycles. The molecule has 1 fully saturated rings. The number of methoxy groups -OCH3 is 2. The van der Waals surface area contributed by atoms with Gasteiger partial charge >= 0.3 is 0 Å². The fourth-order valence-corrected chi connectivity index (χ4v) is 3.63. The Hall–Kier alpha value is -3.48. The summed E-state index contributed by atoms with van der Waals surface area (Å²) >= 11 is 0. The molecule has 7 nitrogen and oxygen atoms in total. The molecule has 0 aromatic heterocycles. The Morgan fingerprint density at radius 3 is 2.67 bits per heavy atom. The van der Waals surface area contributed by atoms with E-state index in [0.29, 0.717) is 34.1 Å². The number of amides is 1. The number of rotatable bonds is 6. The lowest BCUT2D eigenvalue weighted by molar-refractivity contribution is -0.132. The molecule has 0 unspecified atom stereocenters. The van der Waals surface area contributed by atoms with Crippen LogP contribution in [-0.2, 0) is 4.79 Å². The molecule has 30 heavy (non-hydrogen) atoms. The number of Topliss-reactive ketones (excluding diaryl/α,β-unsaturated/α-hetero) is 1. The molecule has 2 aromatic carbocycles. The molecule has 2 aromatic rings. The number of likely N-dealkylation sites (tertiary alicyclic amines) is 1. The number of hydrogen-bond donors (Lipinski definition) is 0. The number of carbonyl (C=O) groups excluding carboxylic acids is 2. The second-order valence-corrected chi connectivity index (χ2v) is 7.06. The molecule has 2 aliphatic rings. The Balaban J connectivity index is 1.50. The Morgan fingerprint density at radius 1 is 1.13 bits per heavy atom. The van der Waals surface area contributed by atoms with Crippen molar-refractivity contribution in [2.75, 3.05) is 33.9 Å². The monoisotopic (exact) mass is 409 g/mol. The normalized spacial score (nSPS) is 16.4. The lowest BCUT2D eigenvalue weighted by atomic mass is 10.1. The minimum absolute atomic E-state index is 0.0313. The minimum atomic E-state index is -0.227. The van der Waals surface area contributed by atoms with E-state index in [1.54, 1.807) is 49.5 Å². The van der Waals surface area contributed by atoms with Gasteiger partial charge < -0.3 is 23.8 Å². The highest BCUT2D eigenvalue weighted by molar-refractivity contribution is 6.14. The maximum absolute atomic E-state index is 12.7. The zero-order valence-corrected chi connectivity index (χ0v) is 17.0. The summed E-state index contributed by atoms with van der Waals surface area (Å²) in [6.07, 6.45) is 3.70. The molecule has 1 amide bonds. The zero-order chi connectivity index (χ0) is 21.1. The van der Waals surface area contributed by atoms with Crippen LogP contribution in [0.2, 0.25) is 0 Å². The summed E-state index contributed by atoms with van der Waals surface area (Å²) in [5, 5.41) is 0. The van der Waals surface area contributed by atoms with Gasteiger partial charge in [0, 0.05) is 24.7 Å². The number of para-hydroxylation sites is 1. The first-order chi connectivity index (χ1) is 14.6. The first-order valence-electron chi connectivity index (χ1n) is 9.80. The van der Waals surface area contributed by atoms with Crippen LogP contribution in [-0.4, -0.2) is 50.5 Å². The molecule has 0 radical (unpaired) electrons. The highest BCUT2D eigenvalue weighted by atomic mass is 16.5. The van der Waals surface area contributed by atoms with Gasteiger partial charge in [0.1, 0.15) is 11.5 Å². The summed E-state index contributed by atoms with van der Waals surface area (Å²) in [6, 6.07) is 10.4. The van der Waals surface area contributed by atoms with E-state index >= 15 is 0 Å². The molecule has 1 saturated heterocycles. The molecule has 0 spiro atoms. The van der Waals surface area contributed by atoms with Gasteiger partial charge in [-0.05, 0) is 37.1 Å². The predicted octanol–water partition coefficient (Wildman–Crippen LogP) is 3.32. The predicted molar refractivity (Wildman–Crippen MR) is 110 cm³/mol. The summed E-state index contributed by atoms with van der Waals surface area (Å²) in [7, 11) is 3.09. The molecule has 0 aliphatic carbocycles. The van der Waals surface area contributed by atoms with Crippen molar-refractivity contribution in [2.45, 2.75) is 12.8 Å². The number of hydrogen-bond acceptors (Lipinski definition) is 6. The first-order valence-corrected chi connectivity index (χ1v) is 9.80. The highest BCUT2D eigenvalue weighted by Crippen LogP contribution is 2.37. The summed E-state index contributed by atoms with van der Waals surface area (Å²) < 4.78 is 22.1. The molecule has 7 heteroatoms. The Morgan fingerprint density at radius 2 is 1.93 bits per heavy atom. The SMILES string of the molecule is COc1cccc(C=C2Oc3cc(OCC(=O)N4CCCC4)ccc3C2=O)c1OC. The fourth-order valence-electron chi connectivity index (χ4n) is 3.63. The number of allylic oxidation sites excluding steroid dienone is 1. The number of benzene rings is 2. The fraction of sp³-hybridized carbons (Fsp3) is 0.304. The van der Waals surface area contributed by atoms with Gasteiger partial charge in [-0.2, -0.15) is 0 Å². The molecular formula is C23H23NO6. The summed E-state index contributed by atoms with van der Waals surface area (Å²) in [5.41, 5.74) is 1.11. The van der Waals surface area contributed by atoms with E-state index in [4.69, 9.17) is 18.9 Å². The third kappa shape index (κ3) is 3.83. The van der Waals surface area contributed by atoms with Gasteiger partial charge in [-0.25, -0.2) is 0 Å². The summed E-state index contributed by atoms with van der Waals surface area (Å²) in [5.74, 6) is 1.89. The van der Waals surface area contributed by atoms with Gasteiger partial charge in [0.15, 0.2) is 23.9 Å².